The molecular formula is C15H13FINO2. The van der Waals surface area contributed by atoms with Gasteiger partial charge in [0.15, 0.2) is 6.61 Å². The number of rotatable bonds is 4. The molecule has 20 heavy (non-hydrogen) atoms. The number of anilines is 1. The van der Waals surface area contributed by atoms with E-state index in [2.05, 4.69) is 5.32 Å². The van der Waals surface area contributed by atoms with Crippen LogP contribution in [0, 0.1) is 16.3 Å². The summed E-state index contributed by atoms with van der Waals surface area (Å²) in [6.45, 7) is 1.81. The lowest BCUT2D eigenvalue weighted by molar-refractivity contribution is -0.118. The molecule has 0 heterocycles. The quantitative estimate of drug-likeness (QED) is 0.815. The van der Waals surface area contributed by atoms with Crippen molar-refractivity contribution < 1.29 is 13.9 Å². The van der Waals surface area contributed by atoms with Gasteiger partial charge in [-0.3, -0.25) is 4.79 Å². The van der Waals surface area contributed by atoms with Crippen LogP contribution < -0.4 is 10.1 Å². The first kappa shape index (κ1) is 14.8. The summed E-state index contributed by atoms with van der Waals surface area (Å²) >= 11 is 2.01. The SMILES string of the molecule is Cc1ccc(OCC(=O)Nc2ccc(I)cc2F)cc1. The average molecular weight is 385 g/mol. The minimum absolute atomic E-state index is 0.155. The van der Waals surface area contributed by atoms with E-state index in [9.17, 15) is 9.18 Å². The first-order valence-corrected chi connectivity index (χ1v) is 7.07. The summed E-state index contributed by atoms with van der Waals surface area (Å²) < 4.78 is 19.7. The van der Waals surface area contributed by atoms with Gasteiger partial charge in [0.25, 0.3) is 5.91 Å². The summed E-state index contributed by atoms with van der Waals surface area (Å²) in [5.41, 5.74) is 1.27. The molecule has 0 atom stereocenters. The average Bonchev–Trinajstić information content (AvgIpc) is 2.41. The van der Waals surface area contributed by atoms with Crippen molar-refractivity contribution in [3.05, 3.63) is 57.4 Å². The van der Waals surface area contributed by atoms with Crippen LogP contribution >= 0.6 is 22.6 Å². The van der Waals surface area contributed by atoms with Gasteiger partial charge in [-0.05, 0) is 59.8 Å². The number of hydrogen-bond acceptors (Lipinski definition) is 2. The van der Waals surface area contributed by atoms with E-state index in [1.165, 1.54) is 12.1 Å². The Morgan fingerprint density at radius 1 is 1.25 bits per heavy atom. The zero-order chi connectivity index (χ0) is 14.5. The van der Waals surface area contributed by atoms with Crippen LogP contribution in [0.25, 0.3) is 0 Å². The molecule has 0 radical (unpaired) electrons. The second-order valence-electron chi connectivity index (χ2n) is 4.27. The summed E-state index contributed by atoms with van der Waals surface area (Å²) in [6, 6.07) is 12.0. The van der Waals surface area contributed by atoms with Gasteiger partial charge in [-0.1, -0.05) is 17.7 Å². The molecule has 0 aromatic heterocycles. The number of aryl methyl sites for hydroxylation is 1. The molecule has 3 nitrogen and oxygen atoms in total. The number of carbonyl (C=O) groups is 1. The maximum Gasteiger partial charge on any atom is 0.262 e. The third-order valence-electron chi connectivity index (χ3n) is 2.60. The molecule has 5 heteroatoms. The molecular weight excluding hydrogens is 372 g/mol. The van der Waals surface area contributed by atoms with Crippen molar-refractivity contribution in [3.8, 4) is 5.75 Å². The molecule has 0 saturated carbocycles. The van der Waals surface area contributed by atoms with Gasteiger partial charge in [-0.15, -0.1) is 0 Å². The molecule has 2 aromatic rings. The first-order valence-electron chi connectivity index (χ1n) is 5.99. The van der Waals surface area contributed by atoms with E-state index in [1.54, 1.807) is 18.2 Å². The molecule has 1 N–H and O–H groups in total. The predicted molar refractivity (Wildman–Crippen MR) is 84.4 cm³/mol. The number of benzene rings is 2. The van der Waals surface area contributed by atoms with E-state index < -0.39 is 11.7 Å². The van der Waals surface area contributed by atoms with E-state index in [-0.39, 0.29) is 12.3 Å². The lowest BCUT2D eigenvalue weighted by Crippen LogP contribution is -2.20. The predicted octanol–water partition coefficient (Wildman–Crippen LogP) is 3.76. The standard InChI is InChI=1S/C15H13FINO2/c1-10-2-5-12(6-3-10)20-9-15(19)18-14-7-4-11(17)8-13(14)16/h2-8H,9H2,1H3,(H,18,19). The van der Waals surface area contributed by atoms with E-state index in [0.717, 1.165) is 9.13 Å². The second-order valence-corrected chi connectivity index (χ2v) is 5.52. The molecule has 2 rings (SSSR count). The van der Waals surface area contributed by atoms with Gasteiger partial charge in [0.1, 0.15) is 11.6 Å². The van der Waals surface area contributed by atoms with Gasteiger partial charge in [-0.2, -0.15) is 0 Å². The molecule has 0 saturated heterocycles. The minimum atomic E-state index is -0.458. The number of halogens is 2. The Kier molecular flexibility index (Phi) is 4.94. The minimum Gasteiger partial charge on any atom is -0.484 e. The van der Waals surface area contributed by atoms with Gasteiger partial charge in [0.05, 0.1) is 5.69 Å². The largest absolute Gasteiger partial charge is 0.484 e. The molecule has 0 bridgehead atoms. The fourth-order valence-corrected chi connectivity index (χ4v) is 2.01. The Morgan fingerprint density at radius 2 is 1.95 bits per heavy atom. The van der Waals surface area contributed by atoms with Gasteiger partial charge < -0.3 is 10.1 Å². The number of nitrogens with one attached hydrogen (secondary N) is 1. The van der Waals surface area contributed by atoms with E-state index in [1.807, 2.05) is 41.6 Å². The zero-order valence-electron chi connectivity index (χ0n) is 10.8. The van der Waals surface area contributed by atoms with Crippen molar-refractivity contribution in [3.63, 3.8) is 0 Å². The zero-order valence-corrected chi connectivity index (χ0v) is 13.0. The smallest absolute Gasteiger partial charge is 0.262 e. The molecule has 0 unspecified atom stereocenters. The third kappa shape index (κ3) is 4.19. The summed E-state index contributed by atoms with van der Waals surface area (Å²) in [5, 5.41) is 2.48. The van der Waals surface area contributed by atoms with Crippen molar-refractivity contribution in [2.45, 2.75) is 6.92 Å². The van der Waals surface area contributed by atoms with Gasteiger partial charge in [0.2, 0.25) is 0 Å². The normalized spacial score (nSPS) is 10.2. The topological polar surface area (TPSA) is 38.3 Å². The molecule has 2 aromatic carbocycles. The summed E-state index contributed by atoms with van der Waals surface area (Å²) in [6.07, 6.45) is 0. The molecule has 1 amide bonds. The highest BCUT2D eigenvalue weighted by Gasteiger charge is 2.08. The second kappa shape index (κ2) is 6.69. The Hall–Kier alpha value is -1.63. The van der Waals surface area contributed by atoms with Crippen molar-refractivity contribution in [2.24, 2.45) is 0 Å². The van der Waals surface area contributed by atoms with Crippen molar-refractivity contribution in [1.82, 2.24) is 0 Å². The fourth-order valence-electron chi connectivity index (χ4n) is 1.56. The highest BCUT2D eigenvalue weighted by Crippen LogP contribution is 2.17. The fraction of sp³-hybridized carbons (Fsp3) is 0.133. The van der Waals surface area contributed by atoms with Crippen LogP contribution in [0.2, 0.25) is 0 Å². The molecule has 0 aliphatic rings. The van der Waals surface area contributed by atoms with Crippen LogP contribution in [0.15, 0.2) is 42.5 Å². The Balaban J connectivity index is 1.90. The Bertz CT molecular complexity index is 614. The monoisotopic (exact) mass is 385 g/mol. The lowest BCUT2D eigenvalue weighted by atomic mass is 10.2. The summed E-state index contributed by atoms with van der Waals surface area (Å²) in [4.78, 5) is 11.7. The molecule has 0 spiro atoms. The van der Waals surface area contributed by atoms with Crippen LogP contribution in [-0.2, 0) is 4.79 Å². The van der Waals surface area contributed by atoms with Crippen LogP contribution in [0.5, 0.6) is 5.75 Å². The first-order chi connectivity index (χ1) is 9.54. The van der Waals surface area contributed by atoms with Crippen LogP contribution in [-0.4, -0.2) is 12.5 Å². The maximum atomic E-state index is 13.6. The van der Waals surface area contributed by atoms with Gasteiger partial charge in [-0.25, -0.2) is 4.39 Å². The van der Waals surface area contributed by atoms with E-state index >= 15 is 0 Å². The third-order valence-corrected chi connectivity index (χ3v) is 3.27. The van der Waals surface area contributed by atoms with Crippen LogP contribution in [0.4, 0.5) is 10.1 Å². The Morgan fingerprint density at radius 3 is 2.60 bits per heavy atom. The van der Waals surface area contributed by atoms with Gasteiger partial charge in [0, 0.05) is 3.57 Å². The number of amides is 1. The molecule has 0 aliphatic carbocycles. The summed E-state index contributed by atoms with van der Waals surface area (Å²) in [7, 11) is 0. The highest BCUT2D eigenvalue weighted by atomic mass is 127. The maximum absolute atomic E-state index is 13.6. The number of carbonyl (C=O) groups excluding carboxylic acids is 1. The number of hydrogen-bond donors (Lipinski definition) is 1. The highest BCUT2D eigenvalue weighted by molar-refractivity contribution is 14.1. The van der Waals surface area contributed by atoms with Gasteiger partial charge >= 0.3 is 0 Å². The molecule has 0 aliphatic heterocycles. The lowest BCUT2D eigenvalue weighted by Gasteiger charge is -2.08. The molecule has 104 valence electrons. The summed E-state index contributed by atoms with van der Waals surface area (Å²) in [5.74, 6) is -0.250. The van der Waals surface area contributed by atoms with Crippen LogP contribution in [0.1, 0.15) is 5.56 Å². The van der Waals surface area contributed by atoms with E-state index in [0.29, 0.717) is 5.75 Å². The van der Waals surface area contributed by atoms with Crippen molar-refractivity contribution in [2.75, 3.05) is 11.9 Å². The van der Waals surface area contributed by atoms with Crippen molar-refractivity contribution >= 4 is 34.2 Å². The Labute approximate surface area is 130 Å². The van der Waals surface area contributed by atoms with Crippen LogP contribution in [0.3, 0.4) is 0 Å². The van der Waals surface area contributed by atoms with Crippen molar-refractivity contribution in [1.29, 1.82) is 0 Å². The number of ether oxygens (including phenoxy) is 1. The van der Waals surface area contributed by atoms with E-state index in [4.69, 9.17) is 4.74 Å². The molecule has 0 fully saturated rings.